The Balaban J connectivity index is 1.46. The first-order valence-electron chi connectivity index (χ1n) is 7.97. The standard InChI is InChI=1S/C18H15FN2O4S2/c19-13-5-1-2-6-14(13)25-11-16(22)20-7-8-21-17(23)15(27-18(21)24)10-12-4-3-9-26-12/h1-6,9-10H,7-8,11H2,(H,20,22)/b15-10-. The molecular formula is C18H15FN2O4S2. The summed E-state index contributed by atoms with van der Waals surface area (Å²) in [5, 5.41) is 4.05. The minimum Gasteiger partial charge on any atom is -0.481 e. The minimum atomic E-state index is -0.555. The predicted octanol–water partition coefficient (Wildman–Crippen LogP) is 3.12. The topological polar surface area (TPSA) is 75.7 Å². The molecular weight excluding hydrogens is 391 g/mol. The van der Waals surface area contributed by atoms with Crippen molar-refractivity contribution in [3.8, 4) is 5.75 Å². The number of thiophene rings is 1. The van der Waals surface area contributed by atoms with Crippen molar-refractivity contribution in [2.24, 2.45) is 0 Å². The maximum absolute atomic E-state index is 13.4. The van der Waals surface area contributed by atoms with Gasteiger partial charge in [-0.2, -0.15) is 0 Å². The van der Waals surface area contributed by atoms with Crippen LogP contribution in [-0.4, -0.2) is 41.6 Å². The molecule has 1 saturated heterocycles. The van der Waals surface area contributed by atoms with E-state index in [9.17, 15) is 18.8 Å². The molecule has 1 aliphatic heterocycles. The van der Waals surface area contributed by atoms with E-state index in [4.69, 9.17) is 4.74 Å². The lowest BCUT2D eigenvalue weighted by molar-refractivity contribution is -0.125. The highest BCUT2D eigenvalue weighted by molar-refractivity contribution is 8.18. The molecule has 27 heavy (non-hydrogen) atoms. The van der Waals surface area contributed by atoms with E-state index in [1.54, 1.807) is 12.1 Å². The van der Waals surface area contributed by atoms with Gasteiger partial charge in [-0.25, -0.2) is 4.39 Å². The number of benzene rings is 1. The fourth-order valence-electron chi connectivity index (χ4n) is 2.26. The highest BCUT2D eigenvalue weighted by Crippen LogP contribution is 2.32. The van der Waals surface area contributed by atoms with Crippen LogP contribution in [0.25, 0.3) is 6.08 Å². The number of imide groups is 1. The van der Waals surface area contributed by atoms with Crippen molar-refractivity contribution in [2.45, 2.75) is 0 Å². The molecule has 2 aromatic rings. The van der Waals surface area contributed by atoms with Gasteiger partial charge in [-0.3, -0.25) is 19.3 Å². The van der Waals surface area contributed by atoms with Crippen molar-refractivity contribution in [3.05, 3.63) is 57.4 Å². The van der Waals surface area contributed by atoms with Gasteiger partial charge in [0.15, 0.2) is 18.2 Å². The van der Waals surface area contributed by atoms with E-state index in [0.29, 0.717) is 4.91 Å². The predicted molar refractivity (Wildman–Crippen MR) is 102 cm³/mol. The third kappa shape index (κ3) is 4.95. The number of para-hydroxylation sites is 1. The molecule has 1 fully saturated rings. The largest absolute Gasteiger partial charge is 0.481 e. The Bertz CT molecular complexity index is 883. The van der Waals surface area contributed by atoms with E-state index in [1.165, 1.54) is 29.5 Å². The number of nitrogens with zero attached hydrogens (tertiary/aromatic N) is 1. The molecule has 0 saturated carbocycles. The summed E-state index contributed by atoms with van der Waals surface area (Å²) in [6, 6.07) is 9.49. The Morgan fingerprint density at radius 2 is 2.04 bits per heavy atom. The van der Waals surface area contributed by atoms with Gasteiger partial charge in [0.05, 0.1) is 4.91 Å². The van der Waals surface area contributed by atoms with Gasteiger partial charge in [-0.1, -0.05) is 18.2 Å². The fourth-order valence-corrected chi connectivity index (χ4v) is 3.85. The van der Waals surface area contributed by atoms with E-state index < -0.39 is 11.7 Å². The summed E-state index contributed by atoms with van der Waals surface area (Å²) in [5.74, 6) is -1.42. The molecule has 6 nitrogen and oxygen atoms in total. The van der Waals surface area contributed by atoms with E-state index in [1.807, 2.05) is 17.5 Å². The van der Waals surface area contributed by atoms with Gasteiger partial charge >= 0.3 is 0 Å². The highest BCUT2D eigenvalue weighted by Gasteiger charge is 2.34. The summed E-state index contributed by atoms with van der Waals surface area (Å²) in [5.41, 5.74) is 0. The SMILES string of the molecule is O=C(COc1ccccc1F)NCCN1C(=O)S/C(=C\c2cccs2)C1=O. The van der Waals surface area contributed by atoms with Crippen LogP contribution in [0.2, 0.25) is 0 Å². The molecule has 1 aromatic heterocycles. The second-order valence-electron chi connectivity index (χ2n) is 5.42. The average Bonchev–Trinajstić information content (AvgIpc) is 3.25. The third-order valence-corrected chi connectivity index (χ3v) is 5.27. The number of amides is 3. The maximum Gasteiger partial charge on any atom is 0.293 e. The monoisotopic (exact) mass is 406 g/mol. The Hall–Kier alpha value is -2.65. The van der Waals surface area contributed by atoms with Crippen molar-refractivity contribution >= 4 is 46.2 Å². The molecule has 3 rings (SSSR count). The lowest BCUT2D eigenvalue weighted by atomic mass is 10.3. The molecule has 0 radical (unpaired) electrons. The van der Waals surface area contributed by atoms with Crippen LogP contribution >= 0.6 is 23.1 Å². The van der Waals surface area contributed by atoms with Crippen molar-refractivity contribution in [1.29, 1.82) is 0 Å². The van der Waals surface area contributed by atoms with E-state index in [0.717, 1.165) is 21.5 Å². The molecule has 0 spiro atoms. The first-order chi connectivity index (χ1) is 13.0. The minimum absolute atomic E-state index is 0.0164. The Morgan fingerprint density at radius 3 is 2.78 bits per heavy atom. The zero-order chi connectivity index (χ0) is 19.2. The van der Waals surface area contributed by atoms with E-state index in [2.05, 4.69) is 5.32 Å². The molecule has 9 heteroatoms. The van der Waals surface area contributed by atoms with Crippen molar-refractivity contribution < 1.29 is 23.5 Å². The van der Waals surface area contributed by atoms with E-state index in [-0.39, 0.29) is 36.6 Å². The molecule has 3 amide bonds. The highest BCUT2D eigenvalue weighted by atomic mass is 32.2. The number of rotatable bonds is 7. The van der Waals surface area contributed by atoms with Gasteiger partial charge in [0.25, 0.3) is 17.1 Å². The number of thioether (sulfide) groups is 1. The van der Waals surface area contributed by atoms with Gasteiger partial charge in [0.2, 0.25) is 0 Å². The lowest BCUT2D eigenvalue weighted by Gasteiger charge is -2.13. The molecule has 140 valence electrons. The van der Waals surface area contributed by atoms with Crippen LogP contribution in [0.3, 0.4) is 0 Å². The summed E-state index contributed by atoms with van der Waals surface area (Å²) in [7, 11) is 0. The quantitative estimate of drug-likeness (QED) is 0.715. The van der Waals surface area contributed by atoms with Crippen LogP contribution < -0.4 is 10.1 Å². The Labute approximate surface area is 163 Å². The first-order valence-corrected chi connectivity index (χ1v) is 9.67. The van der Waals surface area contributed by atoms with Gasteiger partial charge in [0.1, 0.15) is 0 Å². The van der Waals surface area contributed by atoms with Crippen LogP contribution in [0.5, 0.6) is 5.75 Å². The fraction of sp³-hybridized carbons (Fsp3) is 0.167. The number of carbonyl (C=O) groups excluding carboxylic acids is 3. The first kappa shape index (κ1) is 19.1. The second kappa shape index (κ2) is 8.83. The molecule has 1 aromatic carbocycles. The number of halogens is 1. The number of hydrogen-bond donors (Lipinski definition) is 1. The number of nitrogens with one attached hydrogen (secondary N) is 1. The van der Waals surface area contributed by atoms with Crippen LogP contribution in [-0.2, 0) is 9.59 Å². The molecule has 0 atom stereocenters. The molecule has 0 unspecified atom stereocenters. The third-order valence-electron chi connectivity index (χ3n) is 3.54. The zero-order valence-corrected chi connectivity index (χ0v) is 15.6. The molecule has 1 N–H and O–H groups in total. The van der Waals surface area contributed by atoms with Crippen LogP contribution in [0.4, 0.5) is 9.18 Å². The average molecular weight is 406 g/mol. The van der Waals surface area contributed by atoms with Crippen molar-refractivity contribution in [3.63, 3.8) is 0 Å². The maximum atomic E-state index is 13.4. The molecule has 1 aliphatic rings. The number of ether oxygens (including phenoxy) is 1. The zero-order valence-electron chi connectivity index (χ0n) is 14.0. The van der Waals surface area contributed by atoms with Gasteiger partial charge < -0.3 is 10.1 Å². The summed E-state index contributed by atoms with van der Waals surface area (Å²) < 4.78 is 18.5. The summed E-state index contributed by atoms with van der Waals surface area (Å²) in [6.07, 6.45) is 1.68. The van der Waals surface area contributed by atoms with Gasteiger partial charge in [-0.05, 0) is 41.4 Å². The summed E-state index contributed by atoms with van der Waals surface area (Å²) in [6.45, 7) is -0.219. The van der Waals surface area contributed by atoms with Crippen LogP contribution in [0, 0.1) is 5.82 Å². The number of carbonyl (C=O) groups is 3. The molecule has 2 heterocycles. The van der Waals surface area contributed by atoms with Crippen LogP contribution in [0.1, 0.15) is 4.88 Å². The lowest BCUT2D eigenvalue weighted by Crippen LogP contribution is -2.38. The van der Waals surface area contributed by atoms with E-state index >= 15 is 0 Å². The van der Waals surface area contributed by atoms with Gasteiger partial charge in [-0.15, -0.1) is 11.3 Å². The molecule has 0 bridgehead atoms. The number of hydrogen-bond acceptors (Lipinski definition) is 6. The summed E-state index contributed by atoms with van der Waals surface area (Å²) >= 11 is 2.35. The summed E-state index contributed by atoms with van der Waals surface area (Å²) in [4.78, 5) is 38.4. The Kier molecular flexibility index (Phi) is 6.25. The van der Waals surface area contributed by atoms with Crippen molar-refractivity contribution in [2.75, 3.05) is 19.7 Å². The second-order valence-corrected chi connectivity index (χ2v) is 7.39. The van der Waals surface area contributed by atoms with Gasteiger partial charge in [0, 0.05) is 18.0 Å². The smallest absolute Gasteiger partial charge is 0.293 e. The van der Waals surface area contributed by atoms with Crippen LogP contribution in [0.15, 0.2) is 46.7 Å². The normalized spacial score (nSPS) is 15.4. The molecule has 0 aliphatic carbocycles. The van der Waals surface area contributed by atoms with Crippen molar-refractivity contribution in [1.82, 2.24) is 10.2 Å². The Morgan fingerprint density at radius 1 is 1.22 bits per heavy atom.